The van der Waals surface area contributed by atoms with Gasteiger partial charge in [0.05, 0.1) is 0 Å². The van der Waals surface area contributed by atoms with Crippen molar-refractivity contribution in [3.8, 4) is 5.75 Å². The highest BCUT2D eigenvalue weighted by Gasteiger charge is 2.35. The number of primary amides is 1. The van der Waals surface area contributed by atoms with E-state index >= 15 is 0 Å². The first-order chi connectivity index (χ1) is 13.0. The Hall–Kier alpha value is -2.89. The molecule has 3 N–H and O–H groups in total. The number of hydrogen-bond acceptors (Lipinski definition) is 3. The van der Waals surface area contributed by atoms with Crippen molar-refractivity contribution >= 4 is 11.8 Å². The first-order valence-corrected chi connectivity index (χ1v) is 9.04. The summed E-state index contributed by atoms with van der Waals surface area (Å²) in [5.74, 6) is -0.500. The first kappa shape index (κ1) is 18.9. The molecule has 0 aromatic heterocycles. The monoisotopic (exact) mass is 370 g/mol. The largest absolute Gasteiger partial charge is 0.484 e. The Morgan fingerprint density at radius 1 is 1.04 bits per heavy atom. The lowest BCUT2D eigenvalue weighted by atomic mass is 9.79. The van der Waals surface area contributed by atoms with Crippen LogP contribution in [0, 0.1) is 5.82 Å². The normalized spacial score (nSPS) is 15.3. The van der Waals surface area contributed by atoms with Crippen LogP contribution < -0.4 is 15.8 Å². The van der Waals surface area contributed by atoms with Gasteiger partial charge in [-0.05, 0) is 54.8 Å². The third kappa shape index (κ3) is 4.64. The number of nitrogens with one attached hydrogen (secondary N) is 1. The molecule has 2 amide bonds. The highest BCUT2D eigenvalue weighted by molar-refractivity contribution is 5.92. The molecule has 0 atom stereocenters. The van der Waals surface area contributed by atoms with Gasteiger partial charge in [0.1, 0.15) is 11.6 Å². The van der Waals surface area contributed by atoms with Crippen molar-refractivity contribution in [3.63, 3.8) is 0 Å². The molecule has 27 heavy (non-hydrogen) atoms. The Labute approximate surface area is 157 Å². The number of rotatable bonds is 7. The zero-order valence-electron chi connectivity index (χ0n) is 15.0. The van der Waals surface area contributed by atoms with Crippen LogP contribution in [0.5, 0.6) is 5.75 Å². The van der Waals surface area contributed by atoms with Crippen molar-refractivity contribution in [1.29, 1.82) is 0 Å². The zero-order chi connectivity index (χ0) is 19.3. The van der Waals surface area contributed by atoms with Gasteiger partial charge in [-0.25, -0.2) is 4.39 Å². The Bertz CT molecular complexity index is 797. The third-order valence-electron chi connectivity index (χ3n) is 5.15. The van der Waals surface area contributed by atoms with Gasteiger partial charge in [-0.2, -0.15) is 0 Å². The molecule has 0 radical (unpaired) electrons. The van der Waals surface area contributed by atoms with Gasteiger partial charge in [0.15, 0.2) is 6.61 Å². The minimum absolute atomic E-state index is 0.116. The lowest BCUT2D eigenvalue weighted by Crippen LogP contribution is -2.40. The molecule has 2 aromatic rings. The fourth-order valence-electron chi connectivity index (χ4n) is 3.61. The standard InChI is InChI=1S/C21H23FN2O3/c22-17-7-5-16(6-8-17)21(11-1-2-12-21)14-24-19(25)13-27-18-9-3-15(4-10-18)20(23)26/h3-10H,1-2,11-14H2,(H2,23,26)(H,24,25). The van der Waals surface area contributed by atoms with Crippen molar-refractivity contribution in [2.75, 3.05) is 13.2 Å². The molecule has 6 heteroatoms. The first-order valence-electron chi connectivity index (χ1n) is 9.04. The van der Waals surface area contributed by atoms with E-state index in [1.54, 1.807) is 24.3 Å². The van der Waals surface area contributed by atoms with E-state index in [0.717, 1.165) is 31.2 Å². The van der Waals surface area contributed by atoms with Crippen LogP contribution in [0.25, 0.3) is 0 Å². The predicted molar refractivity (Wildman–Crippen MR) is 100 cm³/mol. The number of hydrogen-bond donors (Lipinski definition) is 2. The van der Waals surface area contributed by atoms with Gasteiger partial charge >= 0.3 is 0 Å². The fraction of sp³-hybridized carbons (Fsp3) is 0.333. The van der Waals surface area contributed by atoms with E-state index < -0.39 is 5.91 Å². The molecule has 142 valence electrons. The van der Waals surface area contributed by atoms with E-state index in [2.05, 4.69) is 5.32 Å². The van der Waals surface area contributed by atoms with Crippen molar-refractivity contribution < 1.29 is 18.7 Å². The summed E-state index contributed by atoms with van der Waals surface area (Å²) in [6, 6.07) is 12.9. The molecule has 1 aliphatic rings. The van der Waals surface area contributed by atoms with E-state index in [1.165, 1.54) is 12.1 Å². The number of halogens is 1. The lowest BCUT2D eigenvalue weighted by Gasteiger charge is -2.30. The van der Waals surface area contributed by atoms with Gasteiger partial charge in [0, 0.05) is 17.5 Å². The van der Waals surface area contributed by atoms with E-state index in [4.69, 9.17) is 10.5 Å². The number of nitrogens with two attached hydrogens (primary N) is 1. The van der Waals surface area contributed by atoms with Crippen LogP contribution in [-0.2, 0) is 10.2 Å². The van der Waals surface area contributed by atoms with Gasteiger partial charge < -0.3 is 15.8 Å². The molecular formula is C21H23FN2O3. The maximum atomic E-state index is 13.2. The summed E-state index contributed by atoms with van der Waals surface area (Å²) in [4.78, 5) is 23.3. The molecule has 0 spiro atoms. The number of carbonyl (C=O) groups excluding carboxylic acids is 2. The molecule has 5 nitrogen and oxygen atoms in total. The molecule has 3 rings (SSSR count). The summed E-state index contributed by atoms with van der Waals surface area (Å²) in [7, 11) is 0. The number of ether oxygens (including phenoxy) is 1. The highest BCUT2D eigenvalue weighted by atomic mass is 19.1. The van der Waals surface area contributed by atoms with Crippen LogP contribution in [-0.4, -0.2) is 25.0 Å². The highest BCUT2D eigenvalue weighted by Crippen LogP contribution is 2.40. The van der Waals surface area contributed by atoms with Crippen LogP contribution in [0.4, 0.5) is 4.39 Å². The van der Waals surface area contributed by atoms with Gasteiger partial charge in [0.25, 0.3) is 5.91 Å². The second kappa shape index (κ2) is 8.20. The van der Waals surface area contributed by atoms with Gasteiger partial charge in [-0.1, -0.05) is 25.0 Å². The maximum Gasteiger partial charge on any atom is 0.257 e. The number of amides is 2. The summed E-state index contributed by atoms with van der Waals surface area (Å²) in [6.45, 7) is 0.386. The van der Waals surface area contributed by atoms with E-state index in [-0.39, 0.29) is 23.7 Å². The molecule has 0 aliphatic heterocycles. The second-order valence-corrected chi connectivity index (χ2v) is 6.95. The van der Waals surface area contributed by atoms with Crippen LogP contribution in [0.2, 0.25) is 0 Å². The molecule has 1 fully saturated rings. The van der Waals surface area contributed by atoms with Crippen LogP contribution in [0.1, 0.15) is 41.6 Å². The van der Waals surface area contributed by atoms with E-state index in [9.17, 15) is 14.0 Å². The SMILES string of the molecule is NC(=O)c1ccc(OCC(=O)NCC2(c3ccc(F)cc3)CCCC2)cc1. The van der Waals surface area contributed by atoms with Crippen molar-refractivity contribution in [3.05, 3.63) is 65.5 Å². The average Bonchev–Trinajstić information content (AvgIpc) is 3.16. The zero-order valence-corrected chi connectivity index (χ0v) is 15.0. The summed E-state index contributed by atoms with van der Waals surface area (Å²) in [5, 5.41) is 2.95. The van der Waals surface area contributed by atoms with Crippen molar-refractivity contribution in [1.82, 2.24) is 5.32 Å². The lowest BCUT2D eigenvalue weighted by molar-refractivity contribution is -0.123. The van der Waals surface area contributed by atoms with Crippen molar-refractivity contribution in [2.24, 2.45) is 5.73 Å². The Morgan fingerprint density at radius 3 is 2.26 bits per heavy atom. The van der Waals surface area contributed by atoms with Crippen LogP contribution >= 0.6 is 0 Å². The molecule has 1 saturated carbocycles. The molecular weight excluding hydrogens is 347 g/mol. The predicted octanol–water partition coefficient (Wildman–Crippen LogP) is 2.93. The summed E-state index contributed by atoms with van der Waals surface area (Å²) in [5.41, 5.74) is 6.49. The molecule has 2 aromatic carbocycles. The molecule has 0 bridgehead atoms. The van der Waals surface area contributed by atoms with Crippen LogP contribution in [0.15, 0.2) is 48.5 Å². The van der Waals surface area contributed by atoms with Gasteiger partial charge in [-0.3, -0.25) is 9.59 Å². The smallest absolute Gasteiger partial charge is 0.257 e. The number of benzene rings is 2. The van der Waals surface area contributed by atoms with Crippen LogP contribution in [0.3, 0.4) is 0 Å². The topological polar surface area (TPSA) is 81.4 Å². The quantitative estimate of drug-likeness (QED) is 0.786. The summed E-state index contributed by atoms with van der Waals surface area (Å²) in [6.07, 6.45) is 4.12. The summed E-state index contributed by atoms with van der Waals surface area (Å²) < 4.78 is 18.7. The Kier molecular flexibility index (Phi) is 5.74. The second-order valence-electron chi connectivity index (χ2n) is 6.95. The maximum absolute atomic E-state index is 13.2. The average molecular weight is 370 g/mol. The van der Waals surface area contributed by atoms with E-state index in [1.807, 2.05) is 12.1 Å². The Morgan fingerprint density at radius 2 is 1.67 bits per heavy atom. The summed E-state index contributed by atoms with van der Waals surface area (Å²) >= 11 is 0. The fourth-order valence-corrected chi connectivity index (χ4v) is 3.61. The molecule has 1 aliphatic carbocycles. The molecule has 0 unspecified atom stereocenters. The Balaban J connectivity index is 1.55. The molecule has 0 heterocycles. The number of carbonyl (C=O) groups is 2. The molecule has 0 saturated heterocycles. The minimum atomic E-state index is -0.512. The van der Waals surface area contributed by atoms with E-state index in [0.29, 0.717) is 17.9 Å². The van der Waals surface area contributed by atoms with Gasteiger partial charge in [-0.15, -0.1) is 0 Å². The van der Waals surface area contributed by atoms with Crippen molar-refractivity contribution in [2.45, 2.75) is 31.1 Å². The van der Waals surface area contributed by atoms with Gasteiger partial charge in [0.2, 0.25) is 5.91 Å². The third-order valence-corrected chi connectivity index (χ3v) is 5.15. The minimum Gasteiger partial charge on any atom is -0.484 e.